The number of ether oxygens (including phenoxy) is 3. The van der Waals surface area contributed by atoms with Crippen molar-refractivity contribution in [3.05, 3.63) is 42.4 Å². The van der Waals surface area contributed by atoms with Crippen LogP contribution in [0, 0.1) is 11.3 Å². The number of aliphatic hydroxyl groups is 2. The third-order valence-electron chi connectivity index (χ3n) is 8.59. The van der Waals surface area contributed by atoms with E-state index in [1.807, 2.05) is 6.07 Å². The van der Waals surface area contributed by atoms with Crippen molar-refractivity contribution in [1.29, 1.82) is 5.26 Å². The molecule has 3 saturated heterocycles. The lowest BCUT2D eigenvalue weighted by atomic mass is 10.0. The second kappa shape index (κ2) is 14.1. The Balaban J connectivity index is 1.11. The summed E-state index contributed by atoms with van der Waals surface area (Å²) < 4.78 is 31.9. The quantitative estimate of drug-likeness (QED) is 0.294. The number of hydrogen-bond donors (Lipinski definition) is 3. The van der Waals surface area contributed by atoms with Gasteiger partial charge in [0.1, 0.15) is 36.6 Å². The first-order valence-electron chi connectivity index (χ1n) is 15.3. The molecule has 0 saturated carbocycles. The minimum absolute atomic E-state index is 0.0883. The van der Waals surface area contributed by atoms with Crippen LogP contribution in [-0.2, 0) is 4.74 Å². The maximum atomic E-state index is 14.9. The number of nitriles is 1. The molecule has 3 aliphatic rings. The molecule has 3 N–H and O–H groups in total. The lowest BCUT2D eigenvalue weighted by Crippen LogP contribution is -2.56. The number of rotatable bonds is 10. The molecular formula is C31H38FN9O5. The van der Waals surface area contributed by atoms with Crippen molar-refractivity contribution < 1.29 is 28.8 Å². The lowest BCUT2D eigenvalue weighted by molar-refractivity contribution is -0.108. The molecule has 15 heteroatoms. The average Bonchev–Trinajstić information content (AvgIpc) is 3.05. The van der Waals surface area contributed by atoms with Gasteiger partial charge in [0.25, 0.3) is 0 Å². The number of nitrogens with zero attached hydrogens (tertiary/aromatic N) is 8. The van der Waals surface area contributed by atoms with Crippen LogP contribution in [0.1, 0.15) is 18.9 Å². The molecule has 5 heterocycles. The van der Waals surface area contributed by atoms with E-state index >= 15 is 0 Å². The second-order valence-electron chi connectivity index (χ2n) is 11.7. The van der Waals surface area contributed by atoms with Crippen molar-refractivity contribution in [3.63, 3.8) is 0 Å². The number of aromatic nitrogens is 4. The van der Waals surface area contributed by atoms with Crippen LogP contribution in [0.2, 0.25) is 0 Å². The Hall–Kier alpha value is -4.20. The summed E-state index contributed by atoms with van der Waals surface area (Å²) in [6.45, 7) is 6.90. The van der Waals surface area contributed by atoms with Gasteiger partial charge in [0.15, 0.2) is 17.4 Å². The number of aliphatic hydroxyl groups excluding tert-OH is 2. The molecule has 3 aliphatic heterocycles. The maximum Gasteiger partial charge on any atom is 0.230 e. The monoisotopic (exact) mass is 635 g/mol. The summed E-state index contributed by atoms with van der Waals surface area (Å²) in [4.78, 5) is 23.9. The zero-order valence-corrected chi connectivity index (χ0v) is 25.8. The molecule has 46 heavy (non-hydrogen) atoms. The zero-order chi connectivity index (χ0) is 32.2. The van der Waals surface area contributed by atoms with E-state index in [9.17, 15) is 19.9 Å². The summed E-state index contributed by atoms with van der Waals surface area (Å²) in [5, 5.41) is 32.7. The van der Waals surface area contributed by atoms with Crippen molar-refractivity contribution in [2.45, 2.75) is 44.0 Å². The molecule has 0 spiro atoms. The SMILES string of the molecule is COc1cc(Nc2ncnc(-c3ccc(O[C@H]4CCN(C(O)[C@H](C)O)C[C@H]4F)c(C#N)c3)n2)cnc1N1CCN(C2COC2)CC1. The fourth-order valence-corrected chi connectivity index (χ4v) is 5.86. The third-order valence-corrected chi connectivity index (χ3v) is 8.59. The first-order chi connectivity index (χ1) is 22.3. The molecule has 3 fully saturated rings. The van der Waals surface area contributed by atoms with Gasteiger partial charge in [-0.3, -0.25) is 9.80 Å². The molecule has 1 aromatic carbocycles. The predicted molar refractivity (Wildman–Crippen MR) is 166 cm³/mol. The number of halogens is 1. The molecule has 0 amide bonds. The van der Waals surface area contributed by atoms with Crippen molar-refractivity contribution in [3.8, 4) is 29.0 Å². The van der Waals surface area contributed by atoms with Crippen LogP contribution in [0.4, 0.5) is 21.8 Å². The van der Waals surface area contributed by atoms with Crippen molar-refractivity contribution in [2.24, 2.45) is 0 Å². The second-order valence-corrected chi connectivity index (χ2v) is 11.7. The van der Waals surface area contributed by atoms with Crippen LogP contribution < -0.4 is 19.7 Å². The molecule has 3 aromatic rings. The number of anilines is 3. The minimum atomic E-state index is -1.41. The molecule has 0 bridgehead atoms. The highest BCUT2D eigenvalue weighted by Crippen LogP contribution is 2.32. The first kappa shape index (κ1) is 31.8. The van der Waals surface area contributed by atoms with E-state index in [2.05, 4.69) is 41.1 Å². The summed E-state index contributed by atoms with van der Waals surface area (Å²) in [6, 6.07) is 9.37. The standard InChI is InChI=1S/C31H38FN9O5/c1-19(42)30(43)41-6-5-26(24(32)15-41)46-25-4-3-20(11-21(25)13-33)28-35-18-36-31(38-28)37-22-12-27(44-2)29(34-14-22)40-9-7-39(8-10-40)23-16-45-17-23/h3-4,11-12,14,18-19,23-24,26,30,42-43H,5-10,15-17H2,1-2H3,(H,35,36,37,38)/t19-,24+,26-,30?/m0/s1. The average molecular weight is 636 g/mol. The molecule has 1 unspecified atom stereocenters. The highest BCUT2D eigenvalue weighted by atomic mass is 19.1. The summed E-state index contributed by atoms with van der Waals surface area (Å²) in [7, 11) is 1.62. The van der Waals surface area contributed by atoms with Gasteiger partial charge in [0, 0.05) is 57.3 Å². The number of hydrogen-bond acceptors (Lipinski definition) is 14. The summed E-state index contributed by atoms with van der Waals surface area (Å²) >= 11 is 0. The van der Waals surface area contributed by atoms with Gasteiger partial charge in [-0.1, -0.05) is 0 Å². The summed E-state index contributed by atoms with van der Waals surface area (Å²) in [6.07, 6.45) is -0.995. The Morgan fingerprint density at radius 2 is 1.89 bits per heavy atom. The molecule has 0 radical (unpaired) electrons. The van der Waals surface area contributed by atoms with Crippen LogP contribution in [-0.4, -0.2) is 130 Å². The van der Waals surface area contributed by atoms with Crippen LogP contribution in [0.25, 0.3) is 11.4 Å². The highest BCUT2D eigenvalue weighted by molar-refractivity contribution is 5.65. The molecule has 2 aromatic heterocycles. The number of likely N-dealkylation sites (tertiary alicyclic amines) is 1. The summed E-state index contributed by atoms with van der Waals surface area (Å²) in [5.41, 5.74) is 1.40. The minimum Gasteiger partial charge on any atom is -0.493 e. The van der Waals surface area contributed by atoms with Crippen molar-refractivity contribution in [1.82, 2.24) is 29.7 Å². The van der Waals surface area contributed by atoms with Crippen LogP contribution in [0.3, 0.4) is 0 Å². The largest absolute Gasteiger partial charge is 0.493 e. The molecule has 4 atom stereocenters. The van der Waals surface area contributed by atoms with Gasteiger partial charge in [-0.05, 0) is 25.1 Å². The number of methoxy groups -OCH3 is 1. The highest BCUT2D eigenvalue weighted by Gasteiger charge is 2.35. The number of benzene rings is 1. The van der Waals surface area contributed by atoms with Gasteiger partial charge in [-0.2, -0.15) is 10.2 Å². The van der Waals surface area contributed by atoms with Crippen molar-refractivity contribution >= 4 is 17.5 Å². The molecule has 6 rings (SSSR count). The van der Waals surface area contributed by atoms with Gasteiger partial charge in [0.2, 0.25) is 5.95 Å². The number of piperazine rings is 1. The van der Waals surface area contributed by atoms with E-state index in [0.717, 1.165) is 45.2 Å². The first-order valence-corrected chi connectivity index (χ1v) is 15.3. The number of pyridine rings is 1. The molecule has 14 nitrogen and oxygen atoms in total. The third kappa shape index (κ3) is 6.96. The number of alkyl halides is 1. The number of nitrogens with one attached hydrogen (secondary N) is 1. The number of piperidine rings is 1. The van der Waals surface area contributed by atoms with E-state index in [1.54, 1.807) is 31.5 Å². The van der Waals surface area contributed by atoms with Gasteiger partial charge in [0.05, 0.1) is 49.9 Å². The van der Waals surface area contributed by atoms with Crippen molar-refractivity contribution in [2.75, 3.05) is 69.8 Å². The Kier molecular flexibility index (Phi) is 9.71. The molecule has 0 aliphatic carbocycles. The molecule has 244 valence electrons. The van der Waals surface area contributed by atoms with E-state index < -0.39 is 24.6 Å². The smallest absolute Gasteiger partial charge is 0.230 e. The Morgan fingerprint density at radius 1 is 1.09 bits per heavy atom. The predicted octanol–water partition coefficient (Wildman–Crippen LogP) is 1.57. The van der Waals surface area contributed by atoms with E-state index in [4.69, 9.17) is 14.2 Å². The van der Waals surface area contributed by atoms with Gasteiger partial charge in [-0.25, -0.2) is 19.3 Å². The zero-order valence-electron chi connectivity index (χ0n) is 25.8. The van der Waals surface area contributed by atoms with E-state index in [1.165, 1.54) is 18.2 Å². The van der Waals surface area contributed by atoms with E-state index in [-0.39, 0.29) is 30.2 Å². The fraction of sp³-hybridized carbons (Fsp3) is 0.516. The Morgan fingerprint density at radius 3 is 2.57 bits per heavy atom. The topological polar surface area (TPSA) is 165 Å². The van der Waals surface area contributed by atoms with Gasteiger partial charge in [-0.15, -0.1) is 0 Å². The summed E-state index contributed by atoms with van der Waals surface area (Å²) in [5.74, 6) is 2.27. The van der Waals surface area contributed by atoms with Gasteiger partial charge >= 0.3 is 0 Å². The Labute approximate surface area is 266 Å². The van der Waals surface area contributed by atoms with Crippen LogP contribution in [0.5, 0.6) is 11.5 Å². The molecular weight excluding hydrogens is 597 g/mol. The van der Waals surface area contributed by atoms with E-state index in [0.29, 0.717) is 35.4 Å². The lowest BCUT2D eigenvalue weighted by Gasteiger charge is -2.43. The van der Waals surface area contributed by atoms with Crippen LogP contribution in [0.15, 0.2) is 36.8 Å². The normalized spacial score (nSPS) is 22.4. The fourth-order valence-electron chi connectivity index (χ4n) is 5.86. The van der Waals surface area contributed by atoms with Gasteiger partial charge < -0.3 is 34.6 Å². The Bertz CT molecular complexity index is 1550. The maximum absolute atomic E-state index is 14.9. The van der Waals surface area contributed by atoms with Crippen LogP contribution >= 0.6 is 0 Å².